The fourth-order valence-electron chi connectivity index (χ4n) is 1.43. The van der Waals surface area contributed by atoms with Crippen molar-refractivity contribution < 1.29 is 14.3 Å². The van der Waals surface area contributed by atoms with Gasteiger partial charge in [-0.3, -0.25) is 0 Å². The lowest BCUT2D eigenvalue weighted by molar-refractivity contribution is 0.0398. The van der Waals surface area contributed by atoms with Crippen LogP contribution >= 0.6 is 27.5 Å². The van der Waals surface area contributed by atoms with E-state index in [1.807, 2.05) is 0 Å². The lowest BCUT2D eigenvalue weighted by Gasteiger charge is -2.03. The molecule has 0 aliphatic carbocycles. The van der Waals surface area contributed by atoms with Gasteiger partial charge in [-0.2, -0.15) is 0 Å². The highest BCUT2D eigenvalue weighted by Crippen LogP contribution is 2.15. The first-order chi connectivity index (χ1) is 9.06. The summed E-state index contributed by atoms with van der Waals surface area (Å²) in [4.78, 5) is 23.5. The lowest BCUT2D eigenvalue weighted by atomic mass is 10.2. The van der Waals surface area contributed by atoms with Crippen LogP contribution in [0.1, 0.15) is 20.7 Å². The molecule has 0 spiro atoms. The Hall–Kier alpha value is -1.65. The number of carbonyl (C=O) groups is 2. The van der Waals surface area contributed by atoms with Crippen LogP contribution in [-0.4, -0.2) is 11.9 Å². The van der Waals surface area contributed by atoms with Crippen LogP contribution in [0.2, 0.25) is 5.02 Å². The molecule has 0 saturated carbocycles. The second kappa shape index (κ2) is 5.99. The molecule has 0 N–H and O–H groups in total. The molecule has 2 aromatic rings. The molecule has 0 aliphatic heterocycles. The van der Waals surface area contributed by atoms with Crippen molar-refractivity contribution in [3.05, 3.63) is 69.2 Å². The third-order valence-corrected chi connectivity index (χ3v) is 3.03. The van der Waals surface area contributed by atoms with Crippen molar-refractivity contribution in [2.75, 3.05) is 0 Å². The minimum absolute atomic E-state index is 0.232. The molecule has 0 fully saturated rings. The Balaban J connectivity index is 2.13. The van der Waals surface area contributed by atoms with E-state index in [2.05, 4.69) is 15.9 Å². The van der Waals surface area contributed by atoms with Gasteiger partial charge in [-0.1, -0.05) is 39.7 Å². The molecule has 0 amide bonds. The molecule has 0 radical (unpaired) electrons. The Kier molecular flexibility index (Phi) is 4.35. The van der Waals surface area contributed by atoms with E-state index in [4.69, 9.17) is 16.3 Å². The smallest absolute Gasteiger partial charge is 0.346 e. The van der Waals surface area contributed by atoms with Crippen LogP contribution in [0.5, 0.6) is 0 Å². The third kappa shape index (κ3) is 3.66. The van der Waals surface area contributed by atoms with Crippen LogP contribution in [-0.2, 0) is 4.74 Å². The zero-order chi connectivity index (χ0) is 13.8. The number of benzene rings is 2. The fraction of sp³-hybridized carbons (Fsp3) is 0. The summed E-state index contributed by atoms with van der Waals surface area (Å²) in [6, 6.07) is 12.8. The Morgan fingerprint density at radius 3 is 2.11 bits per heavy atom. The zero-order valence-electron chi connectivity index (χ0n) is 9.60. The first-order valence-electron chi connectivity index (χ1n) is 5.34. The van der Waals surface area contributed by atoms with E-state index >= 15 is 0 Å². The molecular formula is C14H8BrClO3. The number of carbonyl (C=O) groups excluding carboxylic acids is 2. The minimum Gasteiger partial charge on any atom is -0.386 e. The van der Waals surface area contributed by atoms with Crippen molar-refractivity contribution in [3.63, 3.8) is 0 Å². The van der Waals surface area contributed by atoms with Crippen LogP contribution in [0.3, 0.4) is 0 Å². The summed E-state index contributed by atoms with van der Waals surface area (Å²) in [6.07, 6.45) is 0. The largest absolute Gasteiger partial charge is 0.386 e. The van der Waals surface area contributed by atoms with E-state index in [0.29, 0.717) is 10.6 Å². The van der Waals surface area contributed by atoms with Gasteiger partial charge in [-0.05, 0) is 36.4 Å². The van der Waals surface area contributed by atoms with Crippen LogP contribution < -0.4 is 0 Å². The highest BCUT2D eigenvalue weighted by Gasteiger charge is 2.15. The summed E-state index contributed by atoms with van der Waals surface area (Å²) in [6.45, 7) is 0. The molecule has 2 aromatic carbocycles. The maximum Gasteiger partial charge on any atom is 0.346 e. The number of hydrogen-bond donors (Lipinski definition) is 0. The van der Waals surface area contributed by atoms with Gasteiger partial charge in [0.15, 0.2) is 0 Å². The molecule has 5 heteroatoms. The van der Waals surface area contributed by atoms with Gasteiger partial charge in [0.05, 0.1) is 11.1 Å². The summed E-state index contributed by atoms with van der Waals surface area (Å²) in [5.41, 5.74) is 0.528. The van der Waals surface area contributed by atoms with Gasteiger partial charge in [0.2, 0.25) is 0 Å². The number of rotatable bonds is 2. The van der Waals surface area contributed by atoms with Crippen molar-refractivity contribution in [2.24, 2.45) is 0 Å². The average molecular weight is 340 g/mol. The van der Waals surface area contributed by atoms with Crippen molar-refractivity contribution >= 4 is 39.5 Å². The standard InChI is InChI=1S/C14H8BrClO3/c15-11-5-1-3-9(7-11)13(17)19-14(18)10-4-2-6-12(16)8-10/h1-8H. The maximum atomic E-state index is 11.8. The van der Waals surface area contributed by atoms with Crippen molar-refractivity contribution in [3.8, 4) is 0 Å². The van der Waals surface area contributed by atoms with Gasteiger partial charge in [-0.25, -0.2) is 9.59 Å². The quantitative estimate of drug-likeness (QED) is 0.611. The van der Waals surface area contributed by atoms with Gasteiger partial charge >= 0.3 is 11.9 Å². The van der Waals surface area contributed by atoms with Crippen LogP contribution in [0.25, 0.3) is 0 Å². The molecule has 0 bridgehead atoms. The molecule has 96 valence electrons. The number of hydrogen-bond acceptors (Lipinski definition) is 3. The molecule has 0 aliphatic rings. The van der Waals surface area contributed by atoms with Crippen molar-refractivity contribution in [1.82, 2.24) is 0 Å². The Bertz CT molecular complexity index is 585. The average Bonchev–Trinajstić information content (AvgIpc) is 2.38. The fourth-order valence-corrected chi connectivity index (χ4v) is 2.02. The number of ether oxygens (including phenoxy) is 1. The molecule has 0 heterocycles. The highest BCUT2D eigenvalue weighted by atomic mass is 79.9. The molecular weight excluding hydrogens is 332 g/mol. The topological polar surface area (TPSA) is 43.4 Å². The van der Waals surface area contributed by atoms with E-state index in [1.54, 1.807) is 36.4 Å². The molecule has 0 unspecified atom stereocenters. The van der Waals surface area contributed by atoms with Gasteiger partial charge in [0, 0.05) is 9.50 Å². The first-order valence-corrected chi connectivity index (χ1v) is 6.51. The van der Waals surface area contributed by atoms with Crippen molar-refractivity contribution in [2.45, 2.75) is 0 Å². The van der Waals surface area contributed by atoms with E-state index in [9.17, 15) is 9.59 Å². The minimum atomic E-state index is -0.729. The van der Waals surface area contributed by atoms with Crippen molar-refractivity contribution in [1.29, 1.82) is 0 Å². The van der Waals surface area contributed by atoms with E-state index in [0.717, 1.165) is 4.47 Å². The first kappa shape index (κ1) is 13.8. The Morgan fingerprint density at radius 1 is 0.947 bits per heavy atom. The third-order valence-electron chi connectivity index (χ3n) is 2.31. The van der Waals surface area contributed by atoms with Gasteiger partial charge in [-0.15, -0.1) is 0 Å². The molecule has 2 rings (SSSR count). The summed E-state index contributed by atoms with van der Waals surface area (Å²) < 4.78 is 5.51. The van der Waals surface area contributed by atoms with Gasteiger partial charge < -0.3 is 4.74 Å². The summed E-state index contributed by atoms with van der Waals surface area (Å²) >= 11 is 9.01. The normalized spacial score (nSPS) is 10.0. The second-order valence-electron chi connectivity index (χ2n) is 3.70. The van der Waals surface area contributed by atoms with E-state index in [-0.39, 0.29) is 5.56 Å². The molecule has 3 nitrogen and oxygen atoms in total. The highest BCUT2D eigenvalue weighted by molar-refractivity contribution is 9.10. The summed E-state index contributed by atoms with van der Waals surface area (Å²) in [5.74, 6) is -1.43. The zero-order valence-corrected chi connectivity index (χ0v) is 11.9. The Morgan fingerprint density at radius 2 is 1.53 bits per heavy atom. The molecule has 0 saturated heterocycles. The number of esters is 2. The lowest BCUT2D eigenvalue weighted by Crippen LogP contribution is -2.12. The van der Waals surface area contributed by atoms with E-state index < -0.39 is 11.9 Å². The van der Waals surface area contributed by atoms with Gasteiger partial charge in [0.1, 0.15) is 0 Å². The van der Waals surface area contributed by atoms with Gasteiger partial charge in [0.25, 0.3) is 0 Å². The predicted octanol–water partition coefficient (Wildman–Crippen LogP) is 4.10. The van der Waals surface area contributed by atoms with Crippen LogP contribution in [0, 0.1) is 0 Å². The predicted molar refractivity (Wildman–Crippen MR) is 75.3 cm³/mol. The maximum absolute atomic E-state index is 11.8. The monoisotopic (exact) mass is 338 g/mol. The molecule has 19 heavy (non-hydrogen) atoms. The van der Waals surface area contributed by atoms with Crippen LogP contribution in [0.4, 0.5) is 0 Å². The van der Waals surface area contributed by atoms with E-state index in [1.165, 1.54) is 12.1 Å². The summed E-state index contributed by atoms with van der Waals surface area (Å²) in [5, 5.41) is 0.407. The summed E-state index contributed by atoms with van der Waals surface area (Å²) in [7, 11) is 0. The molecule has 0 aromatic heterocycles. The molecule has 0 atom stereocenters. The SMILES string of the molecule is O=C(OC(=O)c1cccc(Br)c1)c1cccc(Cl)c1. The number of halogens is 2. The second-order valence-corrected chi connectivity index (χ2v) is 5.05. The Labute approximate surface area is 123 Å². The van der Waals surface area contributed by atoms with Crippen LogP contribution in [0.15, 0.2) is 53.0 Å².